The minimum atomic E-state index is 0.530. The molecule has 1 aromatic heterocycles. The van der Waals surface area contributed by atoms with Crippen LogP contribution in [-0.4, -0.2) is 31.1 Å². The van der Waals surface area contributed by atoms with Gasteiger partial charge in [-0.15, -0.1) is 11.3 Å². The Kier molecular flexibility index (Phi) is 3.48. The molecule has 18 heavy (non-hydrogen) atoms. The van der Waals surface area contributed by atoms with Gasteiger partial charge >= 0.3 is 0 Å². The fourth-order valence-corrected chi connectivity index (χ4v) is 4.52. The highest BCUT2D eigenvalue weighted by molar-refractivity contribution is 7.10. The zero-order valence-electron chi connectivity index (χ0n) is 11.5. The van der Waals surface area contributed by atoms with E-state index >= 15 is 0 Å². The summed E-state index contributed by atoms with van der Waals surface area (Å²) in [5, 5.41) is 5.82. The Balaban J connectivity index is 1.74. The summed E-state index contributed by atoms with van der Waals surface area (Å²) in [6.07, 6.45) is 3.91. The van der Waals surface area contributed by atoms with Crippen molar-refractivity contribution < 1.29 is 0 Å². The molecule has 0 saturated carbocycles. The Morgan fingerprint density at radius 2 is 2.44 bits per heavy atom. The first-order chi connectivity index (χ1) is 8.74. The van der Waals surface area contributed by atoms with Gasteiger partial charge in [0.1, 0.15) is 0 Å². The van der Waals surface area contributed by atoms with E-state index < -0.39 is 0 Å². The third-order valence-electron chi connectivity index (χ3n) is 5.02. The molecule has 1 N–H and O–H groups in total. The van der Waals surface area contributed by atoms with E-state index in [0.29, 0.717) is 11.5 Å². The van der Waals surface area contributed by atoms with E-state index in [-0.39, 0.29) is 0 Å². The maximum absolute atomic E-state index is 3.56. The van der Waals surface area contributed by atoms with Gasteiger partial charge in [0.05, 0.1) is 0 Å². The van der Waals surface area contributed by atoms with Crippen LogP contribution in [0.5, 0.6) is 0 Å². The number of rotatable bonds is 3. The summed E-state index contributed by atoms with van der Waals surface area (Å²) in [7, 11) is 0. The van der Waals surface area contributed by atoms with Gasteiger partial charge < -0.3 is 5.32 Å². The molecular weight excluding hydrogens is 240 g/mol. The molecule has 2 atom stereocenters. The minimum absolute atomic E-state index is 0.530. The van der Waals surface area contributed by atoms with Gasteiger partial charge in [0.2, 0.25) is 0 Å². The molecule has 3 heteroatoms. The normalized spacial score (nSPS) is 32.7. The summed E-state index contributed by atoms with van der Waals surface area (Å²) in [4.78, 5) is 4.33. The van der Waals surface area contributed by atoms with Crippen molar-refractivity contribution in [1.82, 2.24) is 10.2 Å². The smallest absolute Gasteiger partial charge is 0.0331 e. The second kappa shape index (κ2) is 4.95. The van der Waals surface area contributed by atoms with Gasteiger partial charge in [-0.2, -0.15) is 0 Å². The van der Waals surface area contributed by atoms with Gasteiger partial charge in [0.25, 0.3) is 0 Å². The van der Waals surface area contributed by atoms with E-state index in [4.69, 9.17) is 0 Å². The van der Waals surface area contributed by atoms with Crippen LogP contribution in [0.25, 0.3) is 0 Å². The van der Waals surface area contributed by atoms with Crippen molar-refractivity contribution in [2.45, 2.75) is 39.2 Å². The van der Waals surface area contributed by atoms with Crippen LogP contribution < -0.4 is 5.32 Å². The van der Waals surface area contributed by atoms with Crippen molar-refractivity contribution in [3.8, 4) is 0 Å². The molecule has 1 saturated heterocycles. The van der Waals surface area contributed by atoms with Crippen LogP contribution in [0.1, 0.15) is 43.2 Å². The van der Waals surface area contributed by atoms with Crippen molar-refractivity contribution in [1.29, 1.82) is 0 Å². The van der Waals surface area contributed by atoms with E-state index in [1.807, 2.05) is 11.3 Å². The molecule has 3 rings (SSSR count). The van der Waals surface area contributed by atoms with Gasteiger partial charge in [-0.05, 0) is 55.2 Å². The van der Waals surface area contributed by atoms with E-state index in [1.165, 1.54) is 45.4 Å². The molecule has 0 aromatic carbocycles. The van der Waals surface area contributed by atoms with Gasteiger partial charge in [-0.3, -0.25) is 4.90 Å². The first kappa shape index (κ1) is 12.6. The molecular formula is C15H24N2S. The first-order valence-corrected chi connectivity index (χ1v) is 8.13. The predicted octanol–water partition coefficient (Wildman–Crippen LogP) is 3.06. The molecule has 2 unspecified atom stereocenters. The molecule has 100 valence electrons. The zero-order chi connectivity index (χ0) is 12.6. The second-order valence-electron chi connectivity index (χ2n) is 5.98. The molecule has 3 heterocycles. The van der Waals surface area contributed by atoms with E-state index in [9.17, 15) is 0 Å². The average molecular weight is 264 g/mol. The minimum Gasteiger partial charge on any atom is -0.316 e. The van der Waals surface area contributed by atoms with Crippen LogP contribution in [0, 0.1) is 5.41 Å². The van der Waals surface area contributed by atoms with Crippen molar-refractivity contribution in [2.75, 3.05) is 26.2 Å². The molecule has 0 spiro atoms. The number of nitrogens with zero attached hydrogens (tertiary/aromatic N) is 1. The lowest BCUT2D eigenvalue weighted by molar-refractivity contribution is 0.116. The lowest BCUT2D eigenvalue weighted by Gasteiger charge is -2.40. The highest BCUT2D eigenvalue weighted by Gasteiger charge is 2.36. The summed E-state index contributed by atoms with van der Waals surface area (Å²) in [5.41, 5.74) is 2.12. The quantitative estimate of drug-likeness (QED) is 0.902. The maximum Gasteiger partial charge on any atom is 0.0331 e. The highest BCUT2D eigenvalue weighted by Crippen LogP contribution is 2.37. The zero-order valence-corrected chi connectivity index (χ0v) is 12.4. The fraction of sp³-hybridized carbons (Fsp3) is 0.733. The van der Waals surface area contributed by atoms with E-state index in [2.05, 4.69) is 35.5 Å². The van der Waals surface area contributed by atoms with Crippen LogP contribution in [0.15, 0.2) is 11.4 Å². The SMILES string of the molecule is CCC1(CN2CCc3sccc3C2C)CCNC1. The summed E-state index contributed by atoms with van der Waals surface area (Å²) >= 11 is 1.94. The molecule has 0 aliphatic carbocycles. The van der Waals surface area contributed by atoms with Crippen molar-refractivity contribution >= 4 is 11.3 Å². The molecule has 0 radical (unpaired) electrons. The Morgan fingerprint density at radius 1 is 1.56 bits per heavy atom. The van der Waals surface area contributed by atoms with E-state index in [0.717, 1.165) is 0 Å². The summed E-state index contributed by atoms with van der Waals surface area (Å²) < 4.78 is 0. The predicted molar refractivity (Wildman–Crippen MR) is 78.2 cm³/mol. The van der Waals surface area contributed by atoms with Crippen LogP contribution >= 0.6 is 11.3 Å². The lowest BCUT2D eigenvalue weighted by atomic mass is 9.82. The van der Waals surface area contributed by atoms with Gasteiger partial charge in [0, 0.05) is 30.6 Å². The summed E-state index contributed by atoms with van der Waals surface area (Å²) in [5.74, 6) is 0. The number of nitrogens with one attached hydrogen (secondary N) is 1. The number of fused-ring (bicyclic) bond motifs is 1. The molecule has 1 fully saturated rings. The first-order valence-electron chi connectivity index (χ1n) is 7.25. The Morgan fingerprint density at radius 3 is 3.17 bits per heavy atom. The van der Waals surface area contributed by atoms with Crippen LogP contribution in [0.4, 0.5) is 0 Å². The molecule has 2 aliphatic rings. The molecule has 0 amide bonds. The van der Waals surface area contributed by atoms with E-state index in [1.54, 1.807) is 10.4 Å². The fourth-order valence-electron chi connectivity index (χ4n) is 3.55. The van der Waals surface area contributed by atoms with Crippen molar-refractivity contribution in [2.24, 2.45) is 5.41 Å². The maximum atomic E-state index is 3.56. The third kappa shape index (κ3) is 2.13. The molecule has 1 aromatic rings. The molecule has 0 bridgehead atoms. The van der Waals surface area contributed by atoms with Gasteiger partial charge in [0.15, 0.2) is 0 Å². The number of thiophene rings is 1. The molecule has 2 nitrogen and oxygen atoms in total. The van der Waals surface area contributed by atoms with Crippen LogP contribution in [-0.2, 0) is 6.42 Å². The molecule has 2 aliphatic heterocycles. The monoisotopic (exact) mass is 264 g/mol. The largest absolute Gasteiger partial charge is 0.316 e. The Bertz CT molecular complexity index is 406. The Labute approximate surface area is 114 Å². The lowest BCUT2D eigenvalue weighted by Crippen LogP contribution is -2.43. The van der Waals surface area contributed by atoms with Gasteiger partial charge in [-0.1, -0.05) is 6.92 Å². The van der Waals surface area contributed by atoms with Crippen LogP contribution in [0.3, 0.4) is 0 Å². The summed E-state index contributed by atoms with van der Waals surface area (Å²) in [6.45, 7) is 9.68. The highest BCUT2D eigenvalue weighted by atomic mass is 32.1. The van der Waals surface area contributed by atoms with Gasteiger partial charge in [-0.25, -0.2) is 0 Å². The third-order valence-corrected chi connectivity index (χ3v) is 6.02. The van der Waals surface area contributed by atoms with Crippen molar-refractivity contribution in [3.05, 3.63) is 21.9 Å². The van der Waals surface area contributed by atoms with Crippen LogP contribution in [0.2, 0.25) is 0 Å². The number of hydrogen-bond acceptors (Lipinski definition) is 3. The second-order valence-corrected chi connectivity index (χ2v) is 6.98. The summed E-state index contributed by atoms with van der Waals surface area (Å²) in [6, 6.07) is 2.95. The Hall–Kier alpha value is -0.380. The number of hydrogen-bond donors (Lipinski definition) is 1. The average Bonchev–Trinajstić information content (AvgIpc) is 3.03. The van der Waals surface area contributed by atoms with Crippen molar-refractivity contribution in [3.63, 3.8) is 0 Å². The topological polar surface area (TPSA) is 15.3 Å². The standard InChI is InChI=1S/C15H24N2S/c1-3-15(6-7-16-10-15)11-17-8-4-14-13(12(17)2)5-9-18-14/h5,9,12,16H,3-4,6-8,10-11H2,1-2H3.